The summed E-state index contributed by atoms with van der Waals surface area (Å²) < 4.78 is 43.2. The Morgan fingerprint density at radius 3 is 2.55 bits per heavy atom. The summed E-state index contributed by atoms with van der Waals surface area (Å²) in [6.45, 7) is 0.532. The number of fused-ring (bicyclic) bond motifs is 4. The monoisotopic (exact) mass is 542 g/mol. The highest BCUT2D eigenvalue weighted by atomic mass is 32.2. The normalized spacial score (nSPS) is 14.4. The van der Waals surface area contributed by atoms with Gasteiger partial charge < -0.3 is 14.2 Å². The van der Waals surface area contributed by atoms with Crippen LogP contribution in [0.25, 0.3) is 38.2 Å². The second kappa shape index (κ2) is 9.87. The number of thiazole rings is 1. The Hall–Kier alpha value is -3.72. The van der Waals surface area contributed by atoms with E-state index in [1.807, 2.05) is 42.5 Å². The van der Waals surface area contributed by atoms with Gasteiger partial charge in [-0.2, -0.15) is 4.57 Å². The quantitative estimate of drug-likeness (QED) is 0.142. The van der Waals surface area contributed by atoms with Crippen LogP contribution < -0.4 is 14.2 Å². The van der Waals surface area contributed by atoms with Crippen LogP contribution in [0.2, 0.25) is 0 Å². The van der Waals surface area contributed by atoms with Gasteiger partial charge in [0.25, 0.3) is 5.01 Å². The van der Waals surface area contributed by atoms with Gasteiger partial charge in [-0.1, -0.05) is 72.0 Å². The maximum Gasteiger partial charge on any atom is 0.267 e. The van der Waals surface area contributed by atoms with Crippen LogP contribution in [0.1, 0.15) is 17.8 Å². The number of hydrogen-bond acceptors (Lipinski definition) is 6. The van der Waals surface area contributed by atoms with Gasteiger partial charge in [-0.25, -0.2) is 8.42 Å². The molecule has 192 valence electrons. The Labute approximate surface area is 225 Å². The van der Waals surface area contributed by atoms with Crippen molar-refractivity contribution >= 4 is 54.2 Å². The van der Waals surface area contributed by atoms with Crippen LogP contribution in [0.4, 0.5) is 5.69 Å². The van der Waals surface area contributed by atoms with Crippen molar-refractivity contribution in [3.8, 4) is 16.9 Å². The van der Waals surface area contributed by atoms with Crippen LogP contribution in [-0.2, 0) is 17.2 Å². The Morgan fingerprint density at radius 1 is 0.947 bits per heavy atom. The third-order valence-electron chi connectivity index (χ3n) is 6.85. The van der Waals surface area contributed by atoms with Crippen molar-refractivity contribution in [2.75, 3.05) is 17.2 Å². The molecule has 0 N–H and O–H groups in total. The van der Waals surface area contributed by atoms with Crippen molar-refractivity contribution in [1.82, 2.24) is 0 Å². The van der Waals surface area contributed by atoms with Crippen molar-refractivity contribution in [2.24, 2.45) is 7.05 Å². The lowest BCUT2D eigenvalue weighted by atomic mass is 10.0. The van der Waals surface area contributed by atoms with Gasteiger partial charge in [-0.05, 0) is 53.6 Å². The Bertz CT molecular complexity index is 1790. The van der Waals surface area contributed by atoms with E-state index in [1.165, 1.54) is 21.0 Å². The first-order valence-corrected chi connectivity index (χ1v) is 14.9. The standard InChI is InChI=1S/C30H26N2O4S2/c1-31-29(37-27-16-14-22-11-5-6-12-24(22)30(27)31)20-28-32(17-7-8-18-38(33,34)35)25-19-23(13-15-26(25)36-28)21-9-3-2-4-10-21/h2-6,9-16,19-20H,7-8,17-18H2,1H3. The molecule has 0 unspecified atom stereocenters. The Kier molecular flexibility index (Phi) is 6.39. The molecular formula is C30H26N2O4S2. The molecule has 0 radical (unpaired) electrons. The second-order valence-corrected chi connectivity index (χ2v) is 12.0. The lowest BCUT2D eigenvalue weighted by molar-refractivity contribution is -0.641. The molecule has 6 rings (SSSR count). The number of nitrogens with zero attached hydrogens (tertiary/aromatic N) is 2. The van der Waals surface area contributed by atoms with Gasteiger partial charge in [0, 0.05) is 12.3 Å². The third kappa shape index (κ3) is 4.78. The van der Waals surface area contributed by atoms with Crippen molar-refractivity contribution in [3.05, 3.63) is 95.8 Å². The highest BCUT2D eigenvalue weighted by molar-refractivity contribution is 7.85. The number of anilines is 1. The van der Waals surface area contributed by atoms with Gasteiger partial charge in [-0.15, -0.1) is 0 Å². The molecular weight excluding hydrogens is 516 g/mol. The van der Waals surface area contributed by atoms with Crippen LogP contribution in [0.5, 0.6) is 5.75 Å². The molecule has 1 aromatic heterocycles. The van der Waals surface area contributed by atoms with Gasteiger partial charge in [-0.3, -0.25) is 0 Å². The van der Waals surface area contributed by atoms with Crippen LogP contribution in [0.3, 0.4) is 0 Å². The molecule has 0 fully saturated rings. The number of rotatable bonds is 7. The zero-order valence-corrected chi connectivity index (χ0v) is 22.5. The minimum atomic E-state index is -4.24. The number of aromatic nitrogens is 1. The molecule has 6 nitrogen and oxygen atoms in total. The SMILES string of the molecule is C[n+]1c(C=C2Oc3ccc(-c4ccccc4)cc3N2CCCCS(=O)(=O)[O-])sc2ccc3ccccc3c21. The molecule has 0 bridgehead atoms. The van der Waals surface area contributed by atoms with Gasteiger partial charge >= 0.3 is 0 Å². The fraction of sp³-hybridized carbons (Fsp3) is 0.167. The topological polar surface area (TPSA) is 73.5 Å². The van der Waals surface area contributed by atoms with Crippen molar-refractivity contribution in [3.63, 3.8) is 0 Å². The minimum Gasteiger partial charge on any atom is -0.748 e. The Balaban J connectivity index is 1.39. The molecule has 8 heteroatoms. The fourth-order valence-corrected chi connectivity index (χ4v) is 6.64. The number of hydrogen-bond donors (Lipinski definition) is 0. The van der Waals surface area contributed by atoms with E-state index in [2.05, 4.69) is 65.0 Å². The molecule has 0 atom stereocenters. The average molecular weight is 543 g/mol. The largest absolute Gasteiger partial charge is 0.748 e. The van der Waals surface area contributed by atoms with Crippen molar-refractivity contribution < 1.29 is 22.3 Å². The summed E-state index contributed by atoms with van der Waals surface area (Å²) in [5.74, 6) is 1.07. The first-order chi connectivity index (χ1) is 18.4. The molecule has 0 aliphatic carbocycles. The summed E-state index contributed by atoms with van der Waals surface area (Å²) in [6, 6.07) is 29.0. The van der Waals surface area contributed by atoms with E-state index in [4.69, 9.17) is 4.74 Å². The number of aryl methyl sites for hydroxylation is 1. The molecule has 1 aliphatic heterocycles. The number of benzene rings is 4. The average Bonchev–Trinajstić information content (AvgIpc) is 3.43. The molecule has 4 aromatic carbocycles. The molecule has 5 aromatic rings. The first kappa shape index (κ1) is 24.6. The van der Waals surface area contributed by atoms with E-state index in [-0.39, 0.29) is 5.75 Å². The van der Waals surface area contributed by atoms with Gasteiger partial charge in [0.15, 0.2) is 5.75 Å². The molecule has 0 spiro atoms. The Morgan fingerprint density at radius 2 is 1.74 bits per heavy atom. The highest BCUT2D eigenvalue weighted by Gasteiger charge is 2.29. The van der Waals surface area contributed by atoms with Gasteiger partial charge in [0.05, 0.1) is 27.3 Å². The number of ether oxygens (including phenoxy) is 1. The molecule has 2 heterocycles. The van der Waals surface area contributed by atoms with E-state index in [1.54, 1.807) is 11.3 Å². The van der Waals surface area contributed by atoms with E-state index in [0.717, 1.165) is 27.6 Å². The second-order valence-electron chi connectivity index (χ2n) is 9.39. The van der Waals surface area contributed by atoms with E-state index < -0.39 is 10.1 Å². The van der Waals surface area contributed by atoms with E-state index in [0.29, 0.717) is 25.3 Å². The number of unbranched alkanes of at least 4 members (excludes halogenated alkanes) is 1. The van der Waals surface area contributed by atoms with E-state index in [9.17, 15) is 13.0 Å². The van der Waals surface area contributed by atoms with Crippen LogP contribution in [-0.4, -0.2) is 25.3 Å². The zero-order valence-electron chi connectivity index (χ0n) is 20.8. The van der Waals surface area contributed by atoms with Gasteiger partial charge in [0.1, 0.15) is 11.7 Å². The predicted octanol–water partition coefficient (Wildman–Crippen LogP) is 6.07. The van der Waals surface area contributed by atoms with Crippen LogP contribution >= 0.6 is 11.3 Å². The third-order valence-corrected chi connectivity index (χ3v) is 8.79. The minimum absolute atomic E-state index is 0.298. The molecule has 0 amide bonds. The first-order valence-electron chi connectivity index (χ1n) is 12.5. The van der Waals surface area contributed by atoms with Crippen molar-refractivity contribution in [2.45, 2.75) is 12.8 Å². The highest BCUT2D eigenvalue weighted by Crippen LogP contribution is 2.42. The maximum atomic E-state index is 11.1. The summed E-state index contributed by atoms with van der Waals surface area (Å²) in [5.41, 5.74) is 4.28. The van der Waals surface area contributed by atoms with Crippen molar-refractivity contribution in [1.29, 1.82) is 0 Å². The summed E-state index contributed by atoms with van der Waals surface area (Å²) in [6.07, 6.45) is 2.89. The molecule has 0 saturated carbocycles. The van der Waals surface area contributed by atoms with Crippen LogP contribution in [0.15, 0.2) is 90.8 Å². The zero-order chi connectivity index (χ0) is 26.3. The predicted molar refractivity (Wildman–Crippen MR) is 152 cm³/mol. The maximum absolute atomic E-state index is 11.1. The molecule has 1 aliphatic rings. The molecule has 0 saturated heterocycles. The fourth-order valence-electron chi connectivity index (χ4n) is 4.98. The van der Waals surface area contributed by atoms with Crippen LogP contribution in [0, 0.1) is 0 Å². The lowest BCUT2D eigenvalue weighted by Gasteiger charge is -2.18. The molecule has 38 heavy (non-hydrogen) atoms. The summed E-state index contributed by atoms with van der Waals surface area (Å²) >= 11 is 1.70. The summed E-state index contributed by atoms with van der Waals surface area (Å²) in [5, 5.41) is 3.43. The lowest BCUT2D eigenvalue weighted by Crippen LogP contribution is -2.30. The van der Waals surface area contributed by atoms with Gasteiger partial charge in [0.2, 0.25) is 11.4 Å². The summed E-state index contributed by atoms with van der Waals surface area (Å²) in [7, 11) is -2.17. The summed E-state index contributed by atoms with van der Waals surface area (Å²) in [4.78, 5) is 2.09. The van der Waals surface area contributed by atoms with E-state index >= 15 is 0 Å². The smallest absolute Gasteiger partial charge is 0.267 e.